The molecule has 2 N–H and O–H groups in total. The number of benzene rings is 3. The molecule has 184 valence electrons. The van der Waals surface area contributed by atoms with Crippen LogP contribution in [-0.2, 0) is 10.0 Å². The molecule has 0 amide bonds. The third kappa shape index (κ3) is 4.29. The fraction of sp³-hybridized carbons (Fsp3) is 0.130. The maximum atomic E-state index is 13.4. The molecule has 0 radical (unpaired) electrons. The maximum Gasteiger partial charge on any atom is 0.265 e. The van der Waals surface area contributed by atoms with Crippen LogP contribution in [0.5, 0.6) is 17.2 Å². The fourth-order valence-electron chi connectivity index (χ4n) is 3.63. The number of sulfonamides is 1. The number of methoxy groups -OCH3 is 3. The van der Waals surface area contributed by atoms with Crippen molar-refractivity contribution < 1.29 is 22.6 Å². The first-order valence-corrected chi connectivity index (χ1v) is 12.7. The summed E-state index contributed by atoms with van der Waals surface area (Å²) in [5.41, 5.74) is 2.37. The molecule has 3 aromatic carbocycles. The number of hydrogen-bond acceptors (Lipinski definition) is 11. The smallest absolute Gasteiger partial charge is 0.265 e. The van der Waals surface area contributed by atoms with Crippen LogP contribution in [0.25, 0.3) is 22.1 Å². The van der Waals surface area contributed by atoms with Crippen LogP contribution < -0.4 is 24.2 Å². The van der Waals surface area contributed by atoms with E-state index in [9.17, 15) is 8.42 Å². The zero-order chi connectivity index (χ0) is 25.3. The first kappa shape index (κ1) is 23.5. The summed E-state index contributed by atoms with van der Waals surface area (Å²) in [7, 11) is 0.429. The van der Waals surface area contributed by atoms with Gasteiger partial charge in [0.1, 0.15) is 15.9 Å². The maximum absolute atomic E-state index is 13.4. The van der Waals surface area contributed by atoms with Gasteiger partial charge in [-0.3, -0.25) is 4.72 Å². The molecule has 2 heterocycles. The van der Waals surface area contributed by atoms with Crippen LogP contribution in [0.4, 0.5) is 17.3 Å². The molecule has 0 unspecified atom stereocenters. The third-order valence-corrected chi connectivity index (χ3v) is 7.18. The molecule has 0 aliphatic rings. The molecule has 13 heteroatoms. The lowest BCUT2D eigenvalue weighted by molar-refractivity contribution is 0.324. The summed E-state index contributed by atoms with van der Waals surface area (Å²) in [4.78, 5) is 9.14. The highest BCUT2D eigenvalue weighted by atomic mass is 32.2. The lowest BCUT2D eigenvalue weighted by Crippen LogP contribution is -2.16. The van der Waals surface area contributed by atoms with Gasteiger partial charge in [0.15, 0.2) is 23.1 Å². The standard InChI is InChI=1S/C23H20N6O5S2/c1-32-17-11-13(12-18(33-2)21(17)34-3)24-22-23(26-15-8-5-4-7-14(15)25-22)29-36(30,31)19-10-6-9-16-20(19)28-35-27-16/h4-12H,1-3H3,(H,24,25)(H,26,29). The Morgan fingerprint density at radius 3 is 2.06 bits per heavy atom. The van der Waals surface area contributed by atoms with Crippen molar-refractivity contribution in [2.45, 2.75) is 4.90 Å². The highest BCUT2D eigenvalue weighted by Crippen LogP contribution is 2.41. The molecular weight excluding hydrogens is 504 g/mol. The van der Waals surface area contributed by atoms with Gasteiger partial charge in [-0.2, -0.15) is 8.75 Å². The normalized spacial score (nSPS) is 11.4. The second-order valence-electron chi connectivity index (χ2n) is 7.44. The van der Waals surface area contributed by atoms with Crippen molar-refractivity contribution in [1.29, 1.82) is 0 Å². The zero-order valence-corrected chi connectivity index (χ0v) is 21.0. The molecule has 0 aliphatic carbocycles. The number of rotatable bonds is 8. The van der Waals surface area contributed by atoms with E-state index in [1.54, 1.807) is 42.5 Å². The van der Waals surface area contributed by atoms with Gasteiger partial charge in [-0.1, -0.05) is 18.2 Å². The minimum absolute atomic E-state index is 0.00245. The van der Waals surface area contributed by atoms with Crippen molar-refractivity contribution in [2.24, 2.45) is 0 Å². The Morgan fingerprint density at radius 1 is 0.778 bits per heavy atom. The van der Waals surface area contributed by atoms with Crippen LogP contribution in [0.15, 0.2) is 59.5 Å². The van der Waals surface area contributed by atoms with Crippen LogP contribution in [0.2, 0.25) is 0 Å². The summed E-state index contributed by atoms with van der Waals surface area (Å²) in [6, 6.07) is 15.3. The molecular formula is C23H20N6O5S2. The van der Waals surface area contributed by atoms with Gasteiger partial charge >= 0.3 is 0 Å². The summed E-state index contributed by atoms with van der Waals surface area (Å²) >= 11 is 0.940. The molecule has 0 atom stereocenters. The summed E-state index contributed by atoms with van der Waals surface area (Å²) in [6.07, 6.45) is 0. The minimum Gasteiger partial charge on any atom is -0.493 e. The van der Waals surface area contributed by atoms with Crippen LogP contribution in [0, 0.1) is 0 Å². The second kappa shape index (κ2) is 9.43. The number of nitrogens with zero attached hydrogens (tertiary/aromatic N) is 4. The van der Waals surface area contributed by atoms with Gasteiger partial charge in [0.25, 0.3) is 10.0 Å². The van der Waals surface area contributed by atoms with E-state index in [-0.39, 0.29) is 22.0 Å². The number of aromatic nitrogens is 4. The van der Waals surface area contributed by atoms with Crippen molar-refractivity contribution in [3.63, 3.8) is 0 Å². The van der Waals surface area contributed by atoms with E-state index < -0.39 is 10.0 Å². The molecule has 0 saturated carbocycles. The van der Waals surface area contributed by atoms with E-state index in [0.29, 0.717) is 39.5 Å². The molecule has 0 bridgehead atoms. The van der Waals surface area contributed by atoms with Crippen LogP contribution in [0.1, 0.15) is 0 Å². The van der Waals surface area contributed by atoms with Crippen molar-refractivity contribution >= 4 is 61.1 Å². The molecule has 5 rings (SSSR count). The quantitative estimate of drug-likeness (QED) is 0.304. The molecule has 11 nitrogen and oxygen atoms in total. The molecule has 0 saturated heterocycles. The van der Waals surface area contributed by atoms with E-state index in [0.717, 1.165) is 11.7 Å². The Labute approximate surface area is 210 Å². The van der Waals surface area contributed by atoms with Gasteiger partial charge in [0.2, 0.25) is 5.75 Å². The summed E-state index contributed by atoms with van der Waals surface area (Å²) in [6.45, 7) is 0. The molecule has 0 spiro atoms. The van der Waals surface area contributed by atoms with Crippen molar-refractivity contribution in [3.8, 4) is 17.2 Å². The van der Waals surface area contributed by atoms with Gasteiger partial charge in [0, 0.05) is 17.8 Å². The first-order chi connectivity index (χ1) is 17.4. The lowest BCUT2D eigenvalue weighted by Gasteiger charge is -2.17. The number of para-hydroxylation sites is 2. The Bertz CT molecular complexity index is 1660. The molecule has 36 heavy (non-hydrogen) atoms. The number of anilines is 3. The molecule has 0 fully saturated rings. The first-order valence-electron chi connectivity index (χ1n) is 10.5. The fourth-order valence-corrected chi connectivity index (χ4v) is 5.41. The average molecular weight is 525 g/mol. The highest BCUT2D eigenvalue weighted by Gasteiger charge is 2.23. The molecule has 0 aliphatic heterocycles. The number of fused-ring (bicyclic) bond motifs is 2. The predicted octanol–water partition coefficient (Wildman–Crippen LogP) is 4.20. The Balaban J connectivity index is 1.61. The second-order valence-corrected chi connectivity index (χ2v) is 9.62. The summed E-state index contributed by atoms with van der Waals surface area (Å²) < 4.78 is 53.9. The monoisotopic (exact) mass is 524 g/mol. The number of nitrogens with one attached hydrogen (secondary N) is 2. The van der Waals surface area contributed by atoms with Gasteiger partial charge < -0.3 is 19.5 Å². The van der Waals surface area contributed by atoms with Crippen LogP contribution >= 0.6 is 11.7 Å². The van der Waals surface area contributed by atoms with Gasteiger partial charge in [-0.05, 0) is 24.3 Å². The average Bonchev–Trinajstić information content (AvgIpc) is 3.37. The van der Waals surface area contributed by atoms with Gasteiger partial charge in [0.05, 0.1) is 44.1 Å². The van der Waals surface area contributed by atoms with E-state index in [4.69, 9.17) is 14.2 Å². The Hall–Kier alpha value is -4.23. The van der Waals surface area contributed by atoms with E-state index in [1.807, 2.05) is 6.07 Å². The van der Waals surface area contributed by atoms with E-state index >= 15 is 0 Å². The van der Waals surface area contributed by atoms with Crippen LogP contribution in [-0.4, -0.2) is 48.5 Å². The summed E-state index contributed by atoms with van der Waals surface area (Å²) in [5.74, 6) is 1.43. The zero-order valence-electron chi connectivity index (χ0n) is 19.3. The lowest BCUT2D eigenvalue weighted by atomic mass is 10.2. The van der Waals surface area contributed by atoms with Gasteiger partial charge in [-0.25, -0.2) is 18.4 Å². The third-order valence-electron chi connectivity index (χ3n) is 5.27. The van der Waals surface area contributed by atoms with Crippen molar-refractivity contribution in [3.05, 3.63) is 54.6 Å². The predicted molar refractivity (Wildman–Crippen MR) is 137 cm³/mol. The Morgan fingerprint density at radius 2 is 1.42 bits per heavy atom. The largest absolute Gasteiger partial charge is 0.493 e. The van der Waals surface area contributed by atoms with E-state index in [1.165, 1.54) is 27.4 Å². The molecule has 2 aromatic heterocycles. The summed E-state index contributed by atoms with van der Waals surface area (Å²) in [5, 5.41) is 3.13. The van der Waals surface area contributed by atoms with Crippen molar-refractivity contribution in [2.75, 3.05) is 31.4 Å². The minimum atomic E-state index is -4.09. The number of hydrogen-bond donors (Lipinski definition) is 2. The van der Waals surface area contributed by atoms with E-state index in [2.05, 4.69) is 28.8 Å². The molecule has 5 aromatic rings. The topological polar surface area (TPSA) is 137 Å². The highest BCUT2D eigenvalue weighted by molar-refractivity contribution is 7.93. The van der Waals surface area contributed by atoms with Crippen LogP contribution in [0.3, 0.4) is 0 Å². The van der Waals surface area contributed by atoms with Crippen molar-refractivity contribution in [1.82, 2.24) is 18.7 Å². The SMILES string of the molecule is COc1cc(Nc2nc3ccccc3nc2NS(=O)(=O)c2cccc3nsnc23)cc(OC)c1OC. The Kier molecular flexibility index (Phi) is 6.16. The van der Waals surface area contributed by atoms with Gasteiger partial charge in [-0.15, -0.1) is 0 Å². The number of ether oxygens (including phenoxy) is 3.